The van der Waals surface area contributed by atoms with E-state index in [1.807, 2.05) is 26.2 Å². The van der Waals surface area contributed by atoms with Crippen molar-refractivity contribution in [3.8, 4) is 0 Å². The summed E-state index contributed by atoms with van der Waals surface area (Å²) in [6.07, 6.45) is 3.53. The van der Waals surface area contributed by atoms with Crippen LogP contribution in [0.15, 0.2) is 5.38 Å². The van der Waals surface area contributed by atoms with Crippen molar-refractivity contribution in [2.45, 2.75) is 53.4 Å². The second-order valence-electron chi connectivity index (χ2n) is 6.08. The molecule has 0 spiro atoms. The molecule has 0 unspecified atom stereocenters. The molecule has 2 N–H and O–H groups in total. The second-order valence-corrected chi connectivity index (χ2v) is 6.94. The largest absolute Gasteiger partial charge is 0.356 e. The van der Waals surface area contributed by atoms with Gasteiger partial charge in [-0.2, -0.15) is 0 Å². The second kappa shape index (κ2) is 8.12. The number of carbonyl (C=O) groups excluding carboxylic acids is 2. The highest BCUT2D eigenvalue weighted by Gasteiger charge is 2.22. The Morgan fingerprint density at radius 2 is 2.00 bits per heavy atom. The minimum Gasteiger partial charge on any atom is -0.356 e. The van der Waals surface area contributed by atoms with Crippen LogP contribution in [0.4, 0.5) is 5.13 Å². The molecule has 1 rings (SSSR count). The van der Waals surface area contributed by atoms with Crippen LogP contribution in [0.5, 0.6) is 0 Å². The zero-order chi connectivity index (χ0) is 15.9. The maximum Gasteiger partial charge on any atom is 0.231 e. The van der Waals surface area contributed by atoms with Gasteiger partial charge < -0.3 is 10.6 Å². The number of amides is 2. The van der Waals surface area contributed by atoms with Crippen molar-refractivity contribution in [3.63, 3.8) is 0 Å². The number of nitrogens with zero attached hydrogens (tertiary/aromatic N) is 1. The summed E-state index contributed by atoms with van der Waals surface area (Å²) in [4.78, 5) is 27.9. The van der Waals surface area contributed by atoms with Crippen LogP contribution in [0, 0.1) is 5.41 Å². The number of carbonyl (C=O) groups is 2. The van der Waals surface area contributed by atoms with E-state index in [1.54, 1.807) is 0 Å². The fourth-order valence-electron chi connectivity index (χ4n) is 1.56. The predicted molar refractivity (Wildman–Crippen MR) is 86.4 cm³/mol. The number of unbranched alkanes of at least 4 members (excludes halogenated alkanes) is 2. The summed E-state index contributed by atoms with van der Waals surface area (Å²) in [5.74, 6) is -0.0995. The first-order valence-corrected chi connectivity index (χ1v) is 8.23. The third-order valence-corrected chi connectivity index (χ3v) is 3.70. The molecular formula is C15H25N3O2S. The number of thiazole rings is 1. The number of nitrogens with one attached hydrogen (secondary N) is 2. The Morgan fingerprint density at radius 3 is 2.62 bits per heavy atom. The van der Waals surface area contributed by atoms with Crippen LogP contribution in [-0.2, 0) is 16.0 Å². The summed E-state index contributed by atoms with van der Waals surface area (Å²) in [6, 6.07) is 0. The van der Waals surface area contributed by atoms with Crippen molar-refractivity contribution >= 4 is 28.3 Å². The van der Waals surface area contributed by atoms with Gasteiger partial charge in [0, 0.05) is 17.3 Å². The average Bonchev–Trinajstić information content (AvgIpc) is 2.81. The van der Waals surface area contributed by atoms with Gasteiger partial charge in [0.05, 0.1) is 12.1 Å². The molecule has 6 heteroatoms. The summed E-state index contributed by atoms with van der Waals surface area (Å²) in [7, 11) is 0. The molecule has 0 fully saturated rings. The van der Waals surface area contributed by atoms with Gasteiger partial charge in [-0.25, -0.2) is 4.98 Å². The Hall–Kier alpha value is -1.43. The van der Waals surface area contributed by atoms with E-state index in [-0.39, 0.29) is 18.2 Å². The lowest BCUT2D eigenvalue weighted by Crippen LogP contribution is -2.27. The maximum absolute atomic E-state index is 11.8. The van der Waals surface area contributed by atoms with Crippen molar-refractivity contribution < 1.29 is 9.59 Å². The number of hydrogen-bond acceptors (Lipinski definition) is 4. The highest BCUT2D eigenvalue weighted by atomic mass is 32.1. The molecule has 0 aromatic carbocycles. The standard InChI is InChI=1S/C15H25N3O2S/c1-5-6-7-8-16-12(19)9-11-10-21-14(17-11)18-13(20)15(2,3)4/h10H,5-9H2,1-4H3,(H,16,19)(H,17,18,20). The van der Waals surface area contributed by atoms with Gasteiger partial charge in [-0.1, -0.05) is 40.5 Å². The molecule has 118 valence electrons. The molecule has 0 saturated heterocycles. The van der Waals surface area contributed by atoms with E-state index in [1.165, 1.54) is 11.3 Å². The number of hydrogen-bond donors (Lipinski definition) is 2. The van der Waals surface area contributed by atoms with Crippen LogP contribution < -0.4 is 10.6 Å². The quantitative estimate of drug-likeness (QED) is 0.760. The van der Waals surface area contributed by atoms with Crippen molar-refractivity contribution in [1.29, 1.82) is 0 Å². The molecule has 1 aromatic heterocycles. The first-order valence-electron chi connectivity index (χ1n) is 7.35. The topological polar surface area (TPSA) is 71.1 Å². The Labute approximate surface area is 130 Å². The molecule has 21 heavy (non-hydrogen) atoms. The predicted octanol–water partition coefficient (Wildman–Crippen LogP) is 2.98. The summed E-state index contributed by atoms with van der Waals surface area (Å²) in [5, 5.41) is 8.01. The normalized spacial score (nSPS) is 11.2. The van der Waals surface area contributed by atoms with E-state index in [2.05, 4.69) is 22.5 Å². The third-order valence-electron chi connectivity index (χ3n) is 2.90. The lowest BCUT2D eigenvalue weighted by Gasteiger charge is -2.15. The summed E-state index contributed by atoms with van der Waals surface area (Å²) < 4.78 is 0. The molecule has 1 heterocycles. The SMILES string of the molecule is CCCCCNC(=O)Cc1csc(NC(=O)C(C)(C)C)n1. The number of anilines is 1. The molecule has 0 aliphatic rings. The van der Waals surface area contributed by atoms with E-state index in [0.717, 1.165) is 19.3 Å². The highest BCUT2D eigenvalue weighted by molar-refractivity contribution is 7.13. The van der Waals surface area contributed by atoms with Crippen LogP contribution in [-0.4, -0.2) is 23.3 Å². The minimum atomic E-state index is -0.456. The van der Waals surface area contributed by atoms with Gasteiger partial charge in [0.2, 0.25) is 11.8 Å². The van der Waals surface area contributed by atoms with E-state index in [0.29, 0.717) is 17.4 Å². The lowest BCUT2D eigenvalue weighted by atomic mass is 9.96. The van der Waals surface area contributed by atoms with Crippen molar-refractivity contribution in [2.24, 2.45) is 5.41 Å². The average molecular weight is 311 g/mol. The zero-order valence-electron chi connectivity index (χ0n) is 13.3. The van der Waals surface area contributed by atoms with Crippen LogP contribution in [0.2, 0.25) is 0 Å². The van der Waals surface area contributed by atoms with E-state index in [9.17, 15) is 9.59 Å². The summed E-state index contributed by atoms with van der Waals surface area (Å²) in [6.45, 7) is 8.39. The van der Waals surface area contributed by atoms with Gasteiger partial charge in [-0.15, -0.1) is 11.3 Å². The van der Waals surface area contributed by atoms with Gasteiger partial charge in [-0.3, -0.25) is 9.59 Å². The molecular weight excluding hydrogens is 286 g/mol. The molecule has 0 radical (unpaired) electrons. The van der Waals surface area contributed by atoms with Crippen LogP contribution in [0.3, 0.4) is 0 Å². The fraction of sp³-hybridized carbons (Fsp3) is 0.667. The smallest absolute Gasteiger partial charge is 0.231 e. The maximum atomic E-state index is 11.8. The third kappa shape index (κ3) is 6.71. The fourth-order valence-corrected chi connectivity index (χ4v) is 2.27. The number of aromatic nitrogens is 1. The first-order chi connectivity index (χ1) is 9.82. The van der Waals surface area contributed by atoms with Gasteiger partial charge in [0.25, 0.3) is 0 Å². The van der Waals surface area contributed by atoms with Crippen molar-refractivity contribution in [1.82, 2.24) is 10.3 Å². The van der Waals surface area contributed by atoms with Crippen LogP contribution in [0.25, 0.3) is 0 Å². The summed E-state index contributed by atoms with van der Waals surface area (Å²) >= 11 is 1.34. The molecule has 0 atom stereocenters. The van der Waals surface area contributed by atoms with Gasteiger partial charge >= 0.3 is 0 Å². The van der Waals surface area contributed by atoms with Crippen molar-refractivity contribution in [2.75, 3.05) is 11.9 Å². The monoisotopic (exact) mass is 311 g/mol. The molecule has 0 aliphatic carbocycles. The van der Waals surface area contributed by atoms with Gasteiger partial charge in [0.15, 0.2) is 5.13 Å². The minimum absolute atomic E-state index is 0.0231. The molecule has 0 saturated carbocycles. The van der Waals surface area contributed by atoms with Gasteiger partial charge in [-0.05, 0) is 6.42 Å². The first kappa shape index (κ1) is 17.6. The lowest BCUT2D eigenvalue weighted by molar-refractivity contribution is -0.123. The molecule has 0 bridgehead atoms. The van der Waals surface area contributed by atoms with Crippen LogP contribution in [0.1, 0.15) is 52.7 Å². The van der Waals surface area contributed by atoms with E-state index >= 15 is 0 Å². The van der Waals surface area contributed by atoms with E-state index in [4.69, 9.17) is 0 Å². The highest BCUT2D eigenvalue weighted by Crippen LogP contribution is 2.20. The molecule has 2 amide bonds. The Kier molecular flexibility index (Phi) is 6.81. The number of rotatable bonds is 7. The van der Waals surface area contributed by atoms with E-state index < -0.39 is 5.41 Å². The molecule has 0 aliphatic heterocycles. The Bertz CT molecular complexity index is 478. The Morgan fingerprint density at radius 1 is 1.29 bits per heavy atom. The molecule has 5 nitrogen and oxygen atoms in total. The zero-order valence-corrected chi connectivity index (χ0v) is 14.1. The van der Waals surface area contributed by atoms with Crippen molar-refractivity contribution in [3.05, 3.63) is 11.1 Å². The van der Waals surface area contributed by atoms with Crippen LogP contribution >= 0.6 is 11.3 Å². The van der Waals surface area contributed by atoms with Gasteiger partial charge in [0.1, 0.15) is 0 Å². The molecule has 1 aromatic rings. The Balaban J connectivity index is 2.41. The summed E-state index contributed by atoms with van der Waals surface area (Å²) in [5.41, 5.74) is 0.236.